The fraction of sp³-hybridized carbons (Fsp3) is 0.385. The number of rotatable bonds is 2. The highest BCUT2D eigenvalue weighted by Crippen LogP contribution is 2.17. The molecule has 0 fully saturated rings. The molecule has 2 aromatic rings. The molecule has 0 unspecified atom stereocenters. The van der Waals surface area contributed by atoms with Crippen molar-refractivity contribution in [3.63, 3.8) is 0 Å². The highest BCUT2D eigenvalue weighted by molar-refractivity contribution is 6.89. The average molecular weight is 217 g/mol. The van der Waals surface area contributed by atoms with Crippen molar-refractivity contribution in [2.75, 3.05) is 0 Å². The minimum atomic E-state index is -1.22. The fourth-order valence-corrected chi connectivity index (χ4v) is 4.06. The van der Waals surface area contributed by atoms with Gasteiger partial charge in [-0.05, 0) is 17.5 Å². The van der Waals surface area contributed by atoms with Gasteiger partial charge >= 0.3 is 0 Å². The Labute approximate surface area is 92.7 Å². The maximum absolute atomic E-state index is 2.45. The lowest BCUT2D eigenvalue weighted by molar-refractivity contribution is 0.992. The SMILES string of the molecule is CC[Si](C)(C)c1cc2ccccc2n1C. The van der Waals surface area contributed by atoms with Crippen LogP contribution in [0.3, 0.4) is 0 Å². The first-order valence-electron chi connectivity index (χ1n) is 5.61. The van der Waals surface area contributed by atoms with Gasteiger partial charge in [0.25, 0.3) is 0 Å². The minimum absolute atomic E-state index is 1.22. The van der Waals surface area contributed by atoms with Gasteiger partial charge in [-0.15, -0.1) is 0 Å². The second-order valence-corrected chi connectivity index (χ2v) is 9.87. The predicted molar refractivity (Wildman–Crippen MR) is 70.5 cm³/mol. The quantitative estimate of drug-likeness (QED) is 0.681. The molecule has 1 aromatic heterocycles. The molecule has 0 radical (unpaired) electrons. The number of fused-ring (bicyclic) bond motifs is 1. The zero-order valence-corrected chi connectivity index (χ0v) is 11.0. The lowest BCUT2D eigenvalue weighted by Crippen LogP contribution is -2.44. The van der Waals surface area contributed by atoms with E-state index in [1.807, 2.05) is 0 Å². The number of hydrogen-bond donors (Lipinski definition) is 0. The minimum Gasteiger partial charge on any atom is -0.352 e. The molecule has 0 aliphatic carbocycles. The highest BCUT2D eigenvalue weighted by atomic mass is 28.3. The topological polar surface area (TPSA) is 4.93 Å². The van der Waals surface area contributed by atoms with E-state index in [4.69, 9.17) is 0 Å². The molecule has 2 heteroatoms. The molecule has 0 saturated heterocycles. The van der Waals surface area contributed by atoms with Crippen LogP contribution in [0.15, 0.2) is 30.3 Å². The summed E-state index contributed by atoms with van der Waals surface area (Å²) in [6.07, 6.45) is 0. The highest BCUT2D eigenvalue weighted by Gasteiger charge is 2.24. The summed E-state index contributed by atoms with van der Waals surface area (Å²) in [5, 5.41) is 2.94. The van der Waals surface area contributed by atoms with Crippen LogP contribution in [0.4, 0.5) is 0 Å². The van der Waals surface area contributed by atoms with E-state index < -0.39 is 8.07 Å². The van der Waals surface area contributed by atoms with Crippen molar-refractivity contribution < 1.29 is 0 Å². The first-order valence-corrected chi connectivity index (χ1v) is 8.82. The summed E-state index contributed by atoms with van der Waals surface area (Å²) in [6.45, 7) is 7.20. The molecule has 0 bridgehead atoms. The maximum Gasteiger partial charge on any atom is 0.101 e. The van der Waals surface area contributed by atoms with E-state index in [0.717, 1.165) is 0 Å². The van der Waals surface area contributed by atoms with Crippen LogP contribution in [0, 0.1) is 0 Å². The molecular formula is C13H19NSi. The van der Waals surface area contributed by atoms with Gasteiger partial charge in [-0.3, -0.25) is 0 Å². The summed E-state index contributed by atoms with van der Waals surface area (Å²) in [7, 11) is 0.978. The first-order chi connectivity index (χ1) is 7.06. The van der Waals surface area contributed by atoms with E-state index in [9.17, 15) is 0 Å². The zero-order valence-electron chi connectivity index (χ0n) is 10.0. The fourth-order valence-electron chi connectivity index (χ4n) is 2.12. The van der Waals surface area contributed by atoms with Crippen LogP contribution in [0.1, 0.15) is 6.92 Å². The smallest absolute Gasteiger partial charge is 0.101 e. The Bertz CT molecular complexity index is 482. The molecule has 0 amide bonds. The van der Waals surface area contributed by atoms with Gasteiger partial charge in [-0.25, -0.2) is 0 Å². The van der Waals surface area contributed by atoms with E-state index in [2.05, 4.69) is 62.0 Å². The van der Waals surface area contributed by atoms with Crippen molar-refractivity contribution in [3.8, 4) is 0 Å². The van der Waals surface area contributed by atoms with Crippen LogP contribution in [-0.2, 0) is 7.05 Å². The standard InChI is InChI=1S/C13H19NSi/c1-5-15(3,4)13-10-11-8-6-7-9-12(11)14(13)2/h6-10H,5H2,1-4H3. The summed E-state index contributed by atoms with van der Waals surface area (Å²) in [6, 6.07) is 12.3. The molecule has 80 valence electrons. The summed E-state index contributed by atoms with van der Waals surface area (Å²) in [5.41, 5.74) is 1.36. The van der Waals surface area contributed by atoms with E-state index in [1.165, 1.54) is 16.9 Å². The van der Waals surface area contributed by atoms with Crippen LogP contribution in [0.25, 0.3) is 10.9 Å². The number of aromatic nitrogens is 1. The Morgan fingerprint density at radius 3 is 2.47 bits per heavy atom. The largest absolute Gasteiger partial charge is 0.352 e. The van der Waals surface area contributed by atoms with E-state index >= 15 is 0 Å². The van der Waals surface area contributed by atoms with Crippen molar-refractivity contribution in [2.24, 2.45) is 7.05 Å². The monoisotopic (exact) mass is 217 g/mol. The molecule has 0 atom stereocenters. The Hall–Kier alpha value is -1.02. The van der Waals surface area contributed by atoms with Crippen LogP contribution < -0.4 is 5.32 Å². The van der Waals surface area contributed by atoms with Crippen LogP contribution in [0.5, 0.6) is 0 Å². The van der Waals surface area contributed by atoms with Gasteiger partial charge in [-0.1, -0.05) is 44.3 Å². The third-order valence-corrected chi connectivity index (χ3v) is 7.16. The number of para-hydroxylation sites is 1. The van der Waals surface area contributed by atoms with Gasteiger partial charge in [0, 0.05) is 17.9 Å². The molecule has 1 nitrogen and oxygen atoms in total. The number of nitrogens with zero attached hydrogens (tertiary/aromatic N) is 1. The molecule has 0 saturated carbocycles. The van der Waals surface area contributed by atoms with E-state index in [1.54, 1.807) is 5.32 Å². The zero-order chi connectivity index (χ0) is 11.1. The van der Waals surface area contributed by atoms with Crippen molar-refractivity contribution in [2.45, 2.75) is 26.1 Å². The molecule has 1 aromatic carbocycles. The summed E-state index contributed by atoms with van der Waals surface area (Å²) in [5.74, 6) is 0. The Balaban J connectivity index is 2.68. The summed E-state index contributed by atoms with van der Waals surface area (Å²) >= 11 is 0. The Morgan fingerprint density at radius 1 is 1.20 bits per heavy atom. The van der Waals surface area contributed by atoms with Gasteiger partial charge < -0.3 is 4.57 Å². The van der Waals surface area contributed by atoms with Crippen molar-refractivity contribution >= 4 is 24.3 Å². The number of benzene rings is 1. The van der Waals surface area contributed by atoms with E-state index in [-0.39, 0.29) is 0 Å². The van der Waals surface area contributed by atoms with Gasteiger partial charge in [0.1, 0.15) is 8.07 Å². The molecule has 15 heavy (non-hydrogen) atoms. The normalized spacial score (nSPS) is 12.3. The second-order valence-electron chi connectivity index (χ2n) is 4.88. The Kier molecular flexibility index (Phi) is 2.47. The third-order valence-electron chi connectivity index (χ3n) is 3.53. The summed E-state index contributed by atoms with van der Waals surface area (Å²) < 4.78 is 2.38. The van der Waals surface area contributed by atoms with Gasteiger partial charge in [0.15, 0.2) is 0 Å². The predicted octanol–water partition coefficient (Wildman–Crippen LogP) is 3.11. The Morgan fingerprint density at radius 2 is 1.87 bits per heavy atom. The lowest BCUT2D eigenvalue weighted by atomic mass is 10.2. The van der Waals surface area contributed by atoms with Gasteiger partial charge in [0.2, 0.25) is 0 Å². The molecule has 0 spiro atoms. The summed E-state index contributed by atoms with van der Waals surface area (Å²) in [4.78, 5) is 0. The molecule has 0 aliphatic rings. The maximum atomic E-state index is 2.45. The first kappa shape index (κ1) is 10.5. The number of aryl methyl sites for hydroxylation is 1. The van der Waals surface area contributed by atoms with Crippen LogP contribution in [-0.4, -0.2) is 12.6 Å². The molecule has 0 aliphatic heterocycles. The lowest BCUT2D eigenvalue weighted by Gasteiger charge is -2.21. The van der Waals surface area contributed by atoms with Gasteiger partial charge in [-0.2, -0.15) is 0 Å². The molecule has 1 heterocycles. The number of hydrogen-bond acceptors (Lipinski definition) is 0. The van der Waals surface area contributed by atoms with Gasteiger partial charge in [0.05, 0.1) is 0 Å². The van der Waals surface area contributed by atoms with Crippen LogP contribution in [0.2, 0.25) is 19.1 Å². The molecule has 0 N–H and O–H groups in total. The third kappa shape index (κ3) is 1.63. The van der Waals surface area contributed by atoms with E-state index in [0.29, 0.717) is 0 Å². The van der Waals surface area contributed by atoms with Crippen LogP contribution >= 0.6 is 0 Å². The van der Waals surface area contributed by atoms with Crippen molar-refractivity contribution in [1.29, 1.82) is 0 Å². The second kappa shape index (κ2) is 3.53. The van der Waals surface area contributed by atoms with Crippen molar-refractivity contribution in [1.82, 2.24) is 4.57 Å². The molecule has 2 rings (SSSR count). The molecular weight excluding hydrogens is 198 g/mol. The average Bonchev–Trinajstić information content (AvgIpc) is 2.58. The van der Waals surface area contributed by atoms with Crippen molar-refractivity contribution in [3.05, 3.63) is 30.3 Å².